The molecule has 3 aromatic rings. The fourth-order valence-electron chi connectivity index (χ4n) is 3.78. The summed E-state index contributed by atoms with van der Waals surface area (Å²) in [6.45, 7) is 5.55. The summed E-state index contributed by atoms with van der Waals surface area (Å²) >= 11 is 1.61. The molecule has 0 radical (unpaired) electrons. The molecule has 0 aliphatic carbocycles. The Hall–Kier alpha value is -2.47. The van der Waals surface area contributed by atoms with Crippen LogP contribution in [-0.4, -0.2) is 34.1 Å². The molecular formula is C20H21N3O2S. The van der Waals surface area contributed by atoms with E-state index in [9.17, 15) is 9.90 Å². The van der Waals surface area contributed by atoms with Gasteiger partial charge in [-0.15, -0.1) is 11.3 Å². The van der Waals surface area contributed by atoms with Crippen molar-refractivity contribution in [2.75, 3.05) is 18.0 Å². The van der Waals surface area contributed by atoms with Crippen LogP contribution in [0.25, 0.3) is 21.3 Å². The van der Waals surface area contributed by atoms with E-state index in [-0.39, 0.29) is 5.92 Å². The van der Waals surface area contributed by atoms with Crippen molar-refractivity contribution in [3.05, 3.63) is 41.0 Å². The summed E-state index contributed by atoms with van der Waals surface area (Å²) in [4.78, 5) is 23.5. The first-order valence-corrected chi connectivity index (χ1v) is 9.70. The molecule has 0 spiro atoms. The molecular weight excluding hydrogens is 346 g/mol. The SMILES string of the molecule is Cc1ccc(-c2csc3ncnc(N4CCCC(C(=O)O)C4)c23)c(C)c1. The van der Waals surface area contributed by atoms with Crippen molar-refractivity contribution in [1.29, 1.82) is 0 Å². The Morgan fingerprint density at radius 2 is 2.12 bits per heavy atom. The van der Waals surface area contributed by atoms with Gasteiger partial charge in [0.05, 0.1) is 11.3 Å². The maximum Gasteiger partial charge on any atom is 0.308 e. The van der Waals surface area contributed by atoms with Crippen LogP contribution in [0, 0.1) is 19.8 Å². The number of aryl methyl sites for hydroxylation is 2. The van der Waals surface area contributed by atoms with E-state index in [1.807, 2.05) is 0 Å². The molecule has 6 heteroatoms. The van der Waals surface area contributed by atoms with E-state index in [0.29, 0.717) is 6.54 Å². The number of hydrogen-bond donors (Lipinski definition) is 1. The van der Waals surface area contributed by atoms with Crippen LogP contribution in [0.15, 0.2) is 29.9 Å². The Labute approximate surface area is 156 Å². The number of hydrogen-bond acceptors (Lipinski definition) is 5. The minimum Gasteiger partial charge on any atom is -0.481 e. The number of carboxylic acids is 1. The summed E-state index contributed by atoms with van der Waals surface area (Å²) in [7, 11) is 0. The summed E-state index contributed by atoms with van der Waals surface area (Å²) in [5.74, 6) is -0.200. The number of carboxylic acid groups (broad SMARTS) is 1. The Kier molecular flexibility index (Phi) is 4.36. The Morgan fingerprint density at radius 1 is 1.27 bits per heavy atom. The number of carbonyl (C=O) groups is 1. The Morgan fingerprint density at radius 3 is 2.88 bits per heavy atom. The van der Waals surface area contributed by atoms with E-state index in [1.54, 1.807) is 17.7 Å². The smallest absolute Gasteiger partial charge is 0.308 e. The second kappa shape index (κ2) is 6.68. The van der Waals surface area contributed by atoms with Gasteiger partial charge in [0.15, 0.2) is 0 Å². The molecule has 1 N–H and O–H groups in total. The van der Waals surface area contributed by atoms with Gasteiger partial charge in [-0.25, -0.2) is 9.97 Å². The molecule has 0 amide bonds. The number of aromatic nitrogens is 2. The highest BCUT2D eigenvalue weighted by Crippen LogP contribution is 2.40. The van der Waals surface area contributed by atoms with Crippen molar-refractivity contribution in [2.45, 2.75) is 26.7 Å². The van der Waals surface area contributed by atoms with Gasteiger partial charge in [-0.1, -0.05) is 23.8 Å². The number of nitrogens with zero attached hydrogens (tertiary/aromatic N) is 3. The normalized spacial score (nSPS) is 17.6. The Balaban J connectivity index is 1.84. The second-order valence-electron chi connectivity index (χ2n) is 6.97. The number of anilines is 1. The van der Waals surface area contributed by atoms with Crippen LogP contribution in [-0.2, 0) is 4.79 Å². The minimum absolute atomic E-state index is 0.336. The van der Waals surface area contributed by atoms with Gasteiger partial charge >= 0.3 is 5.97 Å². The van der Waals surface area contributed by atoms with Crippen molar-refractivity contribution in [2.24, 2.45) is 5.92 Å². The molecule has 0 saturated carbocycles. The van der Waals surface area contributed by atoms with Crippen LogP contribution < -0.4 is 4.90 Å². The van der Waals surface area contributed by atoms with E-state index < -0.39 is 5.97 Å². The monoisotopic (exact) mass is 367 g/mol. The highest BCUT2D eigenvalue weighted by Gasteiger charge is 2.28. The molecule has 1 saturated heterocycles. The van der Waals surface area contributed by atoms with Gasteiger partial charge < -0.3 is 10.0 Å². The van der Waals surface area contributed by atoms with Crippen LogP contribution in [0.4, 0.5) is 5.82 Å². The van der Waals surface area contributed by atoms with Crippen molar-refractivity contribution in [3.8, 4) is 11.1 Å². The summed E-state index contributed by atoms with van der Waals surface area (Å²) in [6, 6.07) is 6.46. The first-order valence-electron chi connectivity index (χ1n) is 8.82. The third kappa shape index (κ3) is 2.94. The summed E-state index contributed by atoms with van der Waals surface area (Å²) in [5.41, 5.74) is 4.78. The zero-order valence-electron chi connectivity index (χ0n) is 14.9. The predicted octanol–water partition coefficient (Wildman–Crippen LogP) is 4.28. The highest BCUT2D eigenvalue weighted by atomic mass is 32.1. The summed E-state index contributed by atoms with van der Waals surface area (Å²) in [5, 5.41) is 12.6. The largest absolute Gasteiger partial charge is 0.481 e. The van der Waals surface area contributed by atoms with Crippen molar-refractivity contribution in [1.82, 2.24) is 9.97 Å². The number of piperidine rings is 1. The molecule has 0 bridgehead atoms. The van der Waals surface area contributed by atoms with Crippen LogP contribution in [0.2, 0.25) is 0 Å². The first kappa shape index (κ1) is 17.0. The number of thiophene rings is 1. The maximum absolute atomic E-state index is 11.5. The highest BCUT2D eigenvalue weighted by molar-refractivity contribution is 7.17. The average molecular weight is 367 g/mol. The Bertz CT molecular complexity index is 982. The minimum atomic E-state index is -0.722. The maximum atomic E-state index is 11.5. The lowest BCUT2D eigenvalue weighted by Gasteiger charge is -2.32. The number of benzene rings is 1. The lowest BCUT2D eigenvalue weighted by Crippen LogP contribution is -2.39. The molecule has 1 fully saturated rings. The fraction of sp³-hybridized carbons (Fsp3) is 0.350. The molecule has 5 nitrogen and oxygen atoms in total. The van der Waals surface area contributed by atoms with E-state index in [0.717, 1.165) is 41.0 Å². The number of fused-ring (bicyclic) bond motifs is 1. The summed E-state index contributed by atoms with van der Waals surface area (Å²) in [6.07, 6.45) is 3.18. The molecule has 1 aromatic carbocycles. The summed E-state index contributed by atoms with van der Waals surface area (Å²) < 4.78 is 0. The fourth-order valence-corrected chi connectivity index (χ4v) is 4.69. The molecule has 1 unspecified atom stereocenters. The molecule has 1 aliphatic heterocycles. The first-order chi connectivity index (χ1) is 12.5. The van der Waals surface area contributed by atoms with Gasteiger partial charge in [-0.05, 0) is 37.8 Å². The van der Waals surface area contributed by atoms with Crippen molar-refractivity contribution >= 4 is 33.3 Å². The van der Waals surface area contributed by atoms with Crippen LogP contribution in [0.1, 0.15) is 24.0 Å². The molecule has 3 heterocycles. The third-order valence-corrected chi connectivity index (χ3v) is 5.98. The van der Waals surface area contributed by atoms with E-state index in [4.69, 9.17) is 0 Å². The number of rotatable bonds is 3. The van der Waals surface area contributed by atoms with Gasteiger partial charge in [0.1, 0.15) is 17.0 Å². The van der Waals surface area contributed by atoms with Gasteiger partial charge in [-0.3, -0.25) is 4.79 Å². The average Bonchev–Trinajstić information content (AvgIpc) is 3.06. The van der Waals surface area contributed by atoms with Gasteiger partial charge in [0, 0.05) is 24.0 Å². The standard InChI is InChI=1S/C20H21N3O2S/c1-12-5-6-15(13(2)8-12)16-10-26-19-17(16)18(21-11-22-19)23-7-3-4-14(9-23)20(24)25/h5-6,8,10-11,14H,3-4,7,9H2,1-2H3,(H,24,25). The van der Waals surface area contributed by atoms with Crippen LogP contribution in [0.3, 0.4) is 0 Å². The van der Waals surface area contributed by atoms with Crippen LogP contribution >= 0.6 is 11.3 Å². The topological polar surface area (TPSA) is 66.3 Å². The van der Waals surface area contributed by atoms with Gasteiger partial charge in [-0.2, -0.15) is 0 Å². The molecule has 4 rings (SSSR count). The molecule has 2 aromatic heterocycles. The second-order valence-corrected chi connectivity index (χ2v) is 7.83. The number of aliphatic carboxylic acids is 1. The zero-order chi connectivity index (χ0) is 18.3. The lowest BCUT2D eigenvalue weighted by atomic mass is 9.96. The zero-order valence-corrected chi connectivity index (χ0v) is 15.7. The van der Waals surface area contributed by atoms with Gasteiger partial charge in [0.2, 0.25) is 0 Å². The van der Waals surface area contributed by atoms with Crippen molar-refractivity contribution < 1.29 is 9.90 Å². The van der Waals surface area contributed by atoms with E-state index in [1.165, 1.54) is 16.7 Å². The van der Waals surface area contributed by atoms with Crippen molar-refractivity contribution in [3.63, 3.8) is 0 Å². The van der Waals surface area contributed by atoms with E-state index >= 15 is 0 Å². The van der Waals surface area contributed by atoms with E-state index in [2.05, 4.69) is 52.3 Å². The molecule has 134 valence electrons. The third-order valence-electron chi connectivity index (χ3n) is 5.09. The van der Waals surface area contributed by atoms with Gasteiger partial charge in [0.25, 0.3) is 0 Å². The molecule has 1 atom stereocenters. The molecule has 1 aliphatic rings. The molecule has 26 heavy (non-hydrogen) atoms. The lowest BCUT2D eigenvalue weighted by molar-refractivity contribution is -0.141. The predicted molar refractivity (Wildman–Crippen MR) is 105 cm³/mol. The van der Waals surface area contributed by atoms with Crippen LogP contribution in [0.5, 0.6) is 0 Å². The quantitative estimate of drug-likeness (QED) is 0.748.